The lowest BCUT2D eigenvalue weighted by atomic mass is 9.96. The first-order chi connectivity index (χ1) is 10.2. The second-order valence-corrected chi connectivity index (χ2v) is 6.39. The van der Waals surface area contributed by atoms with Crippen molar-refractivity contribution in [2.75, 3.05) is 13.2 Å². The van der Waals surface area contributed by atoms with Gasteiger partial charge in [0.1, 0.15) is 5.75 Å². The standard InChI is InChI=1S/C17H17BrClNO/c1-2-20-17(13-3-5-14(18)15(19)10-13)12-4-6-16-11(9-12)7-8-21-16/h3-6,9-10,17,20H,2,7-8H2,1H3. The molecule has 0 aromatic heterocycles. The van der Waals surface area contributed by atoms with E-state index in [9.17, 15) is 0 Å². The van der Waals surface area contributed by atoms with Crippen LogP contribution in [0.2, 0.25) is 5.02 Å². The molecular formula is C17H17BrClNO. The summed E-state index contributed by atoms with van der Waals surface area (Å²) in [6, 6.07) is 12.7. The third kappa shape index (κ3) is 3.10. The number of hydrogen-bond donors (Lipinski definition) is 1. The van der Waals surface area contributed by atoms with Gasteiger partial charge in [-0.3, -0.25) is 0 Å². The van der Waals surface area contributed by atoms with Crippen molar-refractivity contribution in [1.29, 1.82) is 0 Å². The van der Waals surface area contributed by atoms with E-state index in [4.69, 9.17) is 16.3 Å². The van der Waals surface area contributed by atoms with E-state index in [1.54, 1.807) is 0 Å². The zero-order valence-corrected chi connectivity index (χ0v) is 14.2. The third-order valence-corrected chi connectivity index (χ3v) is 4.96. The van der Waals surface area contributed by atoms with Gasteiger partial charge in [-0.2, -0.15) is 0 Å². The molecule has 4 heteroatoms. The zero-order valence-electron chi connectivity index (χ0n) is 11.8. The van der Waals surface area contributed by atoms with Gasteiger partial charge in [0.05, 0.1) is 17.7 Å². The number of halogens is 2. The minimum Gasteiger partial charge on any atom is -0.493 e. The lowest BCUT2D eigenvalue weighted by Gasteiger charge is -2.20. The van der Waals surface area contributed by atoms with Crippen molar-refractivity contribution in [3.8, 4) is 5.75 Å². The summed E-state index contributed by atoms with van der Waals surface area (Å²) in [5.41, 5.74) is 3.71. The number of fused-ring (bicyclic) bond motifs is 1. The quantitative estimate of drug-likeness (QED) is 0.844. The van der Waals surface area contributed by atoms with Crippen molar-refractivity contribution < 1.29 is 4.74 Å². The molecule has 0 aliphatic carbocycles. The molecule has 0 fully saturated rings. The molecule has 1 unspecified atom stereocenters. The van der Waals surface area contributed by atoms with Gasteiger partial charge in [-0.15, -0.1) is 0 Å². The van der Waals surface area contributed by atoms with Gasteiger partial charge in [0, 0.05) is 10.9 Å². The zero-order chi connectivity index (χ0) is 14.8. The predicted octanol–water partition coefficient (Wildman–Crippen LogP) is 4.74. The first-order valence-electron chi connectivity index (χ1n) is 7.13. The van der Waals surface area contributed by atoms with Gasteiger partial charge in [0.2, 0.25) is 0 Å². The molecular weight excluding hydrogens is 350 g/mol. The first kappa shape index (κ1) is 14.9. The van der Waals surface area contributed by atoms with Gasteiger partial charge in [0.25, 0.3) is 0 Å². The van der Waals surface area contributed by atoms with Crippen molar-refractivity contribution in [2.24, 2.45) is 0 Å². The fourth-order valence-electron chi connectivity index (χ4n) is 2.71. The highest BCUT2D eigenvalue weighted by atomic mass is 79.9. The maximum atomic E-state index is 6.24. The molecule has 0 amide bonds. The lowest BCUT2D eigenvalue weighted by molar-refractivity contribution is 0.357. The largest absolute Gasteiger partial charge is 0.493 e. The van der Waals surface area contributed by atoms with E-state index in [-0.39, 0.29) is 6.04 Å². The topological polar surface area (TPSA) is 21.3 Å². The summed E-state index contributed by atoms with van der Waals surface area (Å²) in [5, 5.41) is 4.27. The van der Waals surface area contributed by atoms with Crippen molar-refractivity contribution >= 4 is 27.5 Å². The van der Waals surface area contributed by atoms with E-state index in [0.717, 1.165) is 34.8 Å². The van der Waals surface area contributed by atoms with Crippen LogP contribution in [0.25, 0.3) is 0 Å². The Morgan fingerprint density at radius 1 is 1.24 bits per heavy atom. The average Bonchev–Trinajstić information content (AvgIpc) is 2.95. The number of benzene rings is 2. The Balaban J connectivity index is 1.99. The Bertz CT molecular complexity index is 659. The molecule has 0 saturated carbocycles. The Labute approximate surface area is 138 Å². The molecule has 1 aliphatic rings. The van der Waals surface area contributed by atoms with Gasteiger partial charge in [-0.1, -0.05) is 36.7 Å². The molecule has 0 radical (unpaired) electrons. The summed E-state index contributed by atoms with van der Waals surface area (Å²) < 4.78 is 6.51. The van der Waals surface area contributed by atoms with E-state index in [2.05, 4.69) is 52.4 Å². The van der Waals surface area contributed by atoms with Gasteiger partial charge >= 0.3 is 0 Å². The van der Waals surface area contributed by atoms with Crippen LogP contribution in [-0.2, 0) is 6.42 Å². The van der Waals surface area contributed by atoms with Crippen LogP contribution >= 0.6 is 27.5 Å². The molecule has 2 nitrogen and oxygen atoms in total. The molecule has 2 aromatic rings. The van der Waals surface area contributed by atoms with Crippen molar-refractivity contribution in [2.45, 2.75) is 19.4 Å². The highest BCUT2D eigenvalue weighted by molar-refractivity contribution is 9.10. The summed E-state index contributed by atoms with van der Waals surface area (Å²) in [4.78, 5) is 0. The van der Waals surface area contributed by atoms with Crippen LogP contribution in [0.3, 0.4) is 0 Å². The Morgan fingerprint density at radius 3 is 2.76 bits per heavy atom. The van der Waals surface area contributed by atoms with E-state index in [1.807, 2.05) is 12.1 Å². The third-order valence-electron chi connectivity index (χ3n) is 3.73. The minimum atomic E-state index is 0.145. The molecule has 1 heterocycles. The van der Waals surface area contributed by atoms with Crippen LogP contribution in [-0.4, -0.2) is 13.2 Å². The van der Waals surface area contributed by atoms with E-state index in [0.29, 0.717) is 0 Å². The number of hydrogen-bond acceptors (Lipinski definition) is 2. The lowest BCUT2D eigenvalue weighted by Crippen LogP contribution is -2.22. The van der Waals surface area contributed by atoms with Crippen molar-refractivity contribution in [3.63, 3.8) is 0 Å². The maximum Gasteiger partial charge on any atom is 0.122 e. The van der Waals surface area contributed by atoms with Gasteiger partial charge in [0.15, 0.2) is 0 Å². The fraction of sp³-hybridized carbons (Fsp3) is 0.294. The number of nitrogens with one attached hydrogen (secondary N) is 1. The van der Waals surface area contributed by atoms with E-state index < -0.39 is 0 Å². The van der Waals surface area contributed by atoms with E-state index >= 15 is 0 Å². The van der Waals surface area contributed by atoms with Crippen LogP contribution in [0, 0.1) is 0 Å². The monoisotopic (exact) mass is 365 g/mol. The molecule has 3 rings (SSSR count). The number of ether oxygens (including phenoxy) is 1. The molecule has 110 valence electrons. The summed E-state index contributed by atoms with van der Waals surface area (Å²) in [6.07, 6.45) is 0.989. The van der Waals surface area contributed by atoms with Gasteiger partial charge < -0.3 is 10.1 Å². The van der Waals surface area contributed by atoms with Crippen LogP contribution in [0.15, 0.2) is 40.9 Å². The van der Waals surface area contributed by atoms with Crippen LogP contribution in [0.1, 0.15) is 29.7 Å². The summed E-state index contributed by atoms with van der Waals surface area (Å²) in [7, 11) is 0. The average molecular weight is 367 g/mol. The number of rotatable bonds is 4. The maximum absolute atomic E-state index is 6.24. The molecule has 21 heavy (non-hydrogen) atoms. The second-order valence-electron chi connectivity index (χ2n) is 5.13. The molecule has 1 atom stereocenters. The Morgan fingerprint density at radius 2 is 2.00 bits per heavy atom. The fourth-order valence-corrected chi connectivity index (χ4v) is 3.15. The normalized spacial score (nSPS) is 14.6. The Hall–Kier alpha value is -1.03. The summed E-state index contributed by atoms with van der Waals surface area (Å²) >= 11 is 9.69. The summed E-state index contributed by atoms with van der Waals surface area (Å²) in [5.74, 6) is 1.02. The van der Waals surface area contributed by atoms with Crippen molar-refractivity contribution in [3.05, 3.63) is 62.6 Å². The SMILES string of the molecule is CCNC(c1ccc(Br)c(Cl)c1)c1ccc2c(c1)CCO2. The summed E-state index contributed by atoms with van der Waals surface area (Å²) in [6.45, 7) is 3.80. The molecule has 2 aromatic carbocycles. The molecule has 0 bridgehead atoms. The molecule has 1 N–H and O–H groups in total. The smallest absolute Gasteiger partial charge is 0.122 e. The van der Waals surface area contributed by atoms with Crippen LogP contribution in [0.4, 0.5) is 0 Å². The van der Waals surface area contributed by atoms with Crippen molar-refractivity contribution in [1.82, 2.24) is 5.32 Å². The highest BCUT2D eigenvalue weighted by Crippen LogP contribution is 2.32. The van der Waals surface area contributed by atoms with E-state index in [1.165, 1.54) is 16.7 Å². The second kappa shape index (κ2) is 6.39. The minimum absolute atomic E-state index is 0.145. The molecule has 0 spiro atoms. The Kier molecular flexibility index (Phi) is 4.53. The highest BCUT2D eigenvalue weighted by Gasteiger charge is 2.18. The van der Waals surface area contributed by atoms with Crippen LogP contribution in [0.5, 0.6) is 5.75 Å². The van der Waals surface area contributed by atoms with Gasteiger partial charge in [-0.25, -0.2) is 0 Å². The predicted molar refractivity (Wildman–Crippen MR) is 90.3 cm³/mol. The van der Waals surface area contributed by atoms with Crippen LogP contribution < -0.4 is 10.1 Å². The molecule has 1 aliphatic heterocycles. The molecule has 0 saturated heterocycles. The first-order valence-corrected chi connectivity index (χ1v) is 8.30. The van der Waals surface area contributed by atoms with Gasteiger partial charge in [-0.05, 0) is 57.4 Å².